The third-order valence-electron chi connectivity index (χ3n) is 1.64. The lowest BCUT2D eigenvalue weighted by Crippen LogP contribution is -1.87. The molecule has 0 bridgehead atoms. The van der Waals surface area contributed by atoms with E-state index in [-0.39, 0.29) is 0 Å². The summed E-state index contributed by atoms with van der Waals surface area (Å²) in [5.41, 5.74) is 0.588. The zero-order chi connectivity index (χ0) is 10.1. The first-order valence-corrected chi connectivity index (χ1v) is 4.96. The quantitative estimate of drug-likeness (QED) is 0.802. The summed E-state index contributed by atoms with van der Waals surface area (Å²) in [7, 11) is 0. The zero-order valence-corrected chi connectivity index (χ0v) is 8.42. The van der Waals surface area contributed by atoms with Crippen LogP contribution in [0, 0.1) is 0 Å². The number of hydrogen-bond donors (Lipinski definition) is 1. The molecule has 0 unspecified atom stereocenters. The van der Waals surface area contributed by atoms with E-state index in [1.54, 1.807) is 10.6 Å². The first kappa shape index (κ1) is 9.23. The van der Waals surface area contributed by atoms with Gasteiger partial charge in [0.2, 0.25) is 0 Å². The summed E-state index contributed by atoms with van der Waals surface area (Å²) in [6, 6.07) is 0. The highest BCUT2D eigenvalue weighted by Crippen LogP contribution is 2.22. The van der Waals surface area contributed by atoms with E-state index in [9.17, 15) is 4.79 Å². The van der Waals surface area contributed by atoms with Crippen LogP contribution >= 0.6 is 22.9 Å². The van der Waals surface area contributed by atoms with Crippen LogP contribution in [0.3, 0.4) is 0 Å². The number of thiazole rings is 1. The standard InChI is InChI=1S/C8H5ClN2O2S/c9-7-5(1-2-6(12)13)11-3-4-14-8(11)10-7/h1-4H,(H,12,13). The summed E-state index contributed by atoms with van der Waals surface area (Å²) in [6.45, 7) is 0. The number of aliphatic carboxylic acids is 1. The fourth-order valence-electron chi connectivity index (χ4n) is 1.08. The summed E-state index contributed by atoms with van der Waals surface area (Å²) in [5, 5.41) is 10.6. The van der Waals surface area contributed by atoms with Crippen molar-refractivity contribution in [3.05, 3.63) is 28.5 Å². The molecule has 0 radical (unpaired) electrons. The van der Waals surface area contributed by atoms with Crippen LogP contribution in [-0.2, 0) is 4.79 Å². The van der Waals surface area contributed by atoms with Crippen LogP contribution in [0.1, 0.15) is 5.69 Å². The Kier molecular flexibility index (Phi) is 2.26. The highest BCUT2D eigenvalue weighted by Gasteiger charge is 2.08. The number of carboxylic acids is 1. The molecule has 72 valence electrons. The van der Waals surface area contributed by atoms with E-state index in [2.05, 4.69) is 4.98 Å². The Morgan fingerprint density at radius 3 is 3.21 bits per heavy atom. The van der Waals surface area contributed by atoms with Gasteiger partial charge in [0.25, 0.3) is 0 Å². The molecule has 0 aliphatic carbocycles. The van der Waals surface area contributed by atoms with Crippen LogP contribution in [0.5, 0.6) is 0 Å². The van der Waals surface area contributed by atoms with Crippen LogP contribution < -0.4 is 0 Å². The molecule has 1 N–H and O–H groups in total. The van der Waals surface area contributed by atoms with Crippen LogP contribution in [0.25, 0.3) is 11.0 Å². The maximum absolute atomic E-state index is 10.3. The molecule has 0 saturated heterocycles. The predicted octanol–water partition coefficient (Wildman–Crippen LogP) is 2.15. The molecule has 14 heavy (non-hydrogen) atoms. The zero-order valence-electron chi connectivity index (χ0n) is 6.85. The number of carbonyl (C=O) groups is 1. The predicted molar refractivity (Wildman–Crippen MR) is 54.7 cm³/mol. The largest absolute Gasteiger partial charge is 0.478 e. The van der Waals surface area contributed by atoms with E-state index in [1.165, 1.54) is 17.4 Å². The molecule has 2 rings (SSSR count). The maximum Gasteiger partial charge on any atom is 0.328 e. The second kappa shape index (κ2) is 3.43. The van der Waals surface area contributed by atoms with Gasteiger partial charge in [-0.1, -0.05) is 11.6 Å². The van der Waals surface area contributed by atoms with Gasteiger partial charge in [-0.25, -0.2) is 9.78 Å². The van der Waals surface area contributed by atoms with E-state index < -0.39 is 5.97 Å². The fraction of sp³-hybridized carbons (Fsp3) is 0. The third-order valence-corrected chi connectivity index (χ3v) is 2.67. The molecule has 0 atom stereocenters. The number of imidazole rings is 1. The van der Waals surface area contributed by atoms with Gasteiger partial charge in [0.15, 0.2) is 10.1 Å². The van der Waals surface area contributed by atoms with Crippen molar-refractivity contribution < 1.29 is 9.90 Å². The summed E-state index contributed by atoms with van der Waals surface area (Å²) in [5.74, 6) is -1.01. The lowest BCUT2D eigenvalue weighted by Gasteiger charge is -1.89. The summed E-state index contributed by atoms with van der Waals surface area (Å²) in [6.07, 6.45) is 4.25. The Morgan fingerprint density at radius 2 is 2.50 bits per heavy atom. The monoisotopic (exact) mass is 228 g/mol. The molecule has 2 aromatic heterocycles. The second-order valence-electron chi connectivity index (χ2n) is 2.52. The molecule has 0 aliphatic rings. The lowest BCUT2D eigenvalue weighted by atomic mass is 10.4. The minimum Gasteiger partial charge on any atom is -0.478 e. The van der Waals surface area contributed by atoms with Crippen molar-refractivity contribution in [1.82, 2.24) is 9.38 Å². The van der Waals surface area contributed by atoms with Crippen molar-refractivity contribution in [3.63, 3.8) is 0 Å². The third kappa shape index (κ3) is 1.51. The Morgan fingerprint density at radius 1 is 1.71 bits per heavy atom. The van der Waals surface area contributed by atoms with Gasteiger partial charge in [-0.2, -0.15) is 0 Å². The number of hydrogen-bond acceptors (Lipinski definition) is 3. The highest BCUT2D eigenvalue weighted by atomic mass is 35.5. The first-order valence-electron chi connectivity index (χ1n) is 3.70. The fourth-order valence-corrected chi connectivity index (χ4v) is 2.08. The van der Waals surface area contributed by atoms with Gasteiger partial charge in [-0.3, -0.25) is 4.40 Å². The van der Waals surface area contributed by atoms with E-state index in [1.807, 2.05) is 5.38 Å². The van der Waals surface area contributed by atoms with Gasteiger partial charge in [0.1, 0.15) is 0 Å². The Balaban J connectivity index is 2.54. The van der Waals surface area contributed by atoms with E-state index in [0.29, 0.717) is 10.8 Å². The summed E-state index contributed by atoms with van der Waals surface area (Å²) >= 11 is 7.27. The Bertz CT molecular complexity index is 514. The average Bonchev–Trinajstić information content (AvgIpc) is 2.61. The first-order chi connectivity index (χ1) is 6.68. The molecular formula is C8H5ClN2O2S. The molecule has 0 fully saturated rings. The van der Waals surface area contributed by atoms with Gasteiger partial charge in [-0.15, -0.1) is 11.3 Å². The lowest BCUT2D eigenvalue weighted by molar-refractivity contribution is -0.131. The van der Waals surface area contributed by atoms with Crippen LogP contribution in [0.15, 0.2) is 17.7 Å². The summed E-state index contributed by atoms with van der Waals surface area (Å²) < 4.78 is 1.74. The number of nitrogens with zero attached hydrogens (tertiary/aromatic N) is 2. The molecule has 2 heterocycles. The van der Waals surface area contributed by atoms with Crippen LogP contribution in [0.2, 0.25) is 5.15 Å². The van der Waals surface area contributed by atoms with Crippen LogP contribution in [-0.4, -0.2) is 20.5 Å². The Labute approximate surface area is 88.1 Å². The Hall–Kier alpha value is -1.33. The van der Waals surface area contributed by atoms with Crippen molar-refractivity contribution in [1.29, 1.82) is 0 Å². The number of rotatable bonds is 2. The van der Waals surface area contributed by atoms with Gasteiger partial charge < -0.3 is 5.11 Å². The van der Waals surface area contributed by atoms with E-state index in [4.69, 9.17) is 16.7 Å². The average molecular weight is 229 g/mol. The van der Waals surface area contributed by atoms with Crippen LogP contribution in [0.4, 0.5) is 0 Å². The van der Waals surface area contributed by atoms with E-state index in [0.717, 1.165) is 11.0 Å². The van der Waals surface area contributed by atoms with Gasteiger partial charge >= 0.3 is 5.97 Å². The molecule has 0 aromatic carbocycles. The SMILES string of the molecule is O=C(O)C=Cc1c(Cl)nc2sccn12. The van der Waals surface area contributed by atoms with Gasteiger partial charge in [-0.05, 0) is 6.08 Å². The van der Waals surface area contributed by atoms with Crippen molar-refractivity contribution in [2.45, 2.75) is 0 Å². The van der Waals surface area contributed by atoms with Gasteiger partial charge in [0, 0.05) is 17.7 Å². The van der Waals surface area contributed by atoms with Crippen molar-refractivity contribution in [3.8, 4) is 0 Å². The number of carboxylic acid groups (broad SMARTS) is 1. The number of aromatic nitrogens is 2. The molecule has 4 nitrogen and oxygen atoms in total. The molecular weight excluding hydrogens is 224 g/mol. The maximum atomic E-state index is 10.3. The topological polar surface area (TPSA) is 54.6 Å². The van der Waals surface area contributed by atoms with Crippen molar-refractivity contribution in [2.24, 2.45) is 0 Å². The van der Waals surface area contributed by atoms with Crippen molar-refractivity contribution in [2.75, 3.05) is 0 Å². The van der Waals surface area contributed by atoms with Gasteiger partial charge in [0.05, 0.1) is 5.69 Å². The smallest absolute Gasteiger partial charge is 0.328 e. The molecule has 0 amide bonds. The van der Waals surface area contributed by atoms with Crippen molar-refractivity contribution >= 4 is 39.9 Å². The number of halogens is 1. The second-order valence-corrected chi connectivity index (χ2v) is 3.75. The molecule has 0 aliphatic heterocycles. The molecule has 2 aromatic rings. The number of fused-ring (bicyclic) bond motifs is 1. The normalized spacial score (nSPS) is 11.5. The summed E-state index contributed by atoms with van der Waals surface area (Å²) in [4.78, 5) is 15.1. The molecule has 0 spiro atoms. The minimum absolute atomic E-state index is 0.314. The highest BCUT2D eigenvalue weighted by molar-refractivity contribution is 7.15. The molecule has 6 heteroatoms. The minimum atomic E-state index is -1.01. The van der Waals surface area contributed by atoms with E-state index >= 15 is 0 Å². The molecule has 0 saturated carbocycles.